The van der Waals surface area contributed by atoms with Crippen LogP contribution in [-0.4, -0.2) is 17.6 Å². The van der Waals surface area contributed by atoms with Gasteiger partial charge in [0.2, 0.25) is 0 Å². The van der Waals surface area contributed by atoms with Crippen molar-refractivity contribution in [1.82, 2.24) is 4.98 Å². The van der Waals surface area contributed by atoms with Crippen molar-refractivity contribution in [3.05, 3.63) is 27.9 Å². The molecule has 86 valence electrons. The van der Waals surface area contributed by atoms with E-state index in [2.05, 4.69) is 9.72 Å². The van der Waals surface area contributed by atoms with E-state index in [1.165, 1.54) is 11.3 Å². The van der Waals surface area contributed by atoms with Crippen LogP contribution in [0.2, 0.25) is 0 Å². The predicted molar refractivity (Wildman–Crippen MR) is 65.7 cm³/mol. The van der Waals surface area contributed by atoms with E-state index >= 15 is 0 Å². The number of nitriles is 1. The van der Waals surface area contributed by atoms with Gasteiger partial charge in [-0.2, -0.15) is 16.6 Å². The molecule has 0 spiro atoms. The Bertz CT molecular complexity index is 540. The predicted octanol–water partition coefficient (Wildman–Crippen LogP) is 2.48. The van der Waals surface area contributed by atoms with Crippen molar-refractivity contribution < 1.29 is 9.53 Å². The number of hydrogen-bond acceptors (Lipinski definition) is 6. The second kappa shape index (κ2) is 5.57. The van der Waals surface area contributed by atoms with Crippen LogP contribution < -0.4 is 0 Å². The summed E-state index contributed by atoms with van der Waals surface area (Å²) in [4.78, 5) is 15.6. The smallest absolute Gasteiger partial charge is 0.312 e. The molecule has 17 heavy (non-hydrogen) atoms. The van der Waals surface area contributed by atoms with Crippen LogP contribution in [0.1, 0.15) is 5.69 Å². The fourth-order valence-electron chi connectivity index (χ4n) is 1.22. The molecule has 0 bridgehead atoms. The standard InChI is InChI=1S/C11H8N2O2S2/c12-2-3-15-10(14)5-9-7-17-11(13-9)8-1-4-16-6-8/h1,4,6-7H,3,5H2. The lowest BCUT2D eigenvalue weighted by Crippen LogP contribution is -2.08. The molecule has 0 saturated carbocycles. The van der Waals surface area contributed by atoms with Crippen molar-refractivity contribution in [2.45, 2.75) is 6.42 Å². The summed E-state index contributed by atoms with van der Waals surface area (Å²) < 4.78 is 4.66. The van der Waals surface area contributed by atoms with Gasteiger partial charge in [0.05, 0.1) is 12.1 Å². The number of hydrogen-bond donors (Lipinski definition) is 0. The highest BCUT2D eigenvalue weighted by Crippen LogP contribution is 2.25. The first-order valence-corrected chi connectivity index (χ1v) is 6.61. The van der Waals surface area contributed by atoms with Crippen LogP contribution >= 0.6 is 22.7 Å². The molecule has 0 aliphatic rings. The number of aromatic nitrogens is 1. The van der Waals surface area contributed by atoms with Gasteiger partial charge in [0, 0.05) is 16.3 Å². The Morgan fingerprint density at radius 3 is 3.12 bits per heavy atom. The summed E-state index contributed by atoms with van der Waals surface area (Å²) in [6.07, 6.45) is 0.113. The summed E-state index contributed by atoms with van der Waals surface area (Å²) in [6, 6.07) is 3.74. The summed E-state index contributed by atoms with van der Waals surface area (Å²) in [6.45, 7) is -0.208. The largest absolute Gasteiger partial charge is 0.450 e. The van der Waals surface area contributed by atoms with E-state index in [1.807, 2.05) is 22.2 Å². The highest BCUT2D eigenvalue weighted by Gasteiger charge is 2.09. The van der Waals surface area contributed by atoms with Crippen LogP contribution in [0.25, 0.3) is 10.6 Å². The quantitative estimate of drug-likeness (QED) is 0.796. The number of nitrogens with zero attached hydrogens (tertiary/aromatic N) is 2. The minimum atomic E-state index is -0.422. The van der Waals surface area contributed by atoms with Gasteiger partial charge in [0.25, 0.3) is 0 Å². The van der Waals surface area contributed by atoms with E-state index < -0.39 is 5.97 Å². The van der Waals surface area contributed by atoms with Crippen molar-refractivity contribution in [2.24, 2.45) is 0 Å². The van der Waals surface area contributed by atoms with E-state index in [1.54, 1.807) is 17.4 Å². The van der Waals surface area contributed by atoms with Gasteiger partial charge in [-0.15, -0.1) is 11.3 Å². The molecular weight excluding hydrogens is 256 g/mol. The summed E-state index contributed by atoms with van der Waals surface area (Å²) in [5.74, 6) is -0.422. The van der Waals surface area contributed by atoms with Gasteiger partial charge in [0.1, 0.15) is 11.1 Å². The van der Waals surface area contributed by atoms with E-state index in [4.69, 9.17) is 5.26 Å². The van der Waals surface area contributed by atoms with Crippen LogP contribution in [0, 0.1) is 11.3 Å². The molecule has 0 N–H and O–H groups in total. The lowest BCUT2D eigenvalue weighted by atomic mass is 10.3. The Morgan fingerprint density at radius 1 is 1.53 bits per heavy atom. The second-order valence-corrected chi connectivity index (χ2v) is 4.79. The van der Waals surface area contributed by atoms with Crippen LogP contribution in [-0.2, 0) is 16.0 Å². The summed E-state index contributed by atoms with van der Waals surface area (Å²) >= 11 is 3.10. The Labute approximate surface area is 106 Å². The fraction of sp³-hybridized carbons (Fsp3) is 0.182. The van der Waals surface area contributed by atoms with Crippen molar-refractivity contribution >= 4 is 28.6 Å². The molecule has 0 atom stereocenters. The number of carbonyl (C=O) groups is 1. The summed E-state index contributed by atoms with van der Waals surface area (Å²) in [5, 5.41) is 15.0. The topological polar surface area (TPSA) is 63.0 Å². The van der Waals surface area contributed by atoms with Gasteiger partial charge < -0.3 is 4.74 Å². The maximum atomic E-state index is 11.3. The van der Waals surface area contributed by atoms with Crippen LogP contribution in [0.15, 0.2) is 22.2 Å². The molecule has 2 heterocycles. The molecule has 0 amide bonds. The molecule has 2 aromatic rings. The van der Waals surface area contributed by atoms with Gasteiger partial charge in [-0.25, -0.2) is 4.98 Å². The second-order valence-electron chi connectivity index (χ2n) is 3.15. The average molecular weight is 264 g/mol. The Balaban J connectivity index is 2.00. The molecule has 0 aromatic carbocycles. The van der Waals surface area contributed by atoms with Gasteiger partial charge >= 0.3 is 5.97 Å². The van der Waals surface area contributed by atoms with E-state index in [0.29, 0.717) is 5.69 Å². The molecule has 0 radical (unpaired) electrons. The highest BCUT2D eigenvalue weighted by atomic mass is 32.1. The van der Waals surface area contributed by atoms with E-state index in [9.17, 15) is 4.79 Å². The zero-order valence-electron chi connectivity index (χ0n) is 8.75. The monoisotopic (exact) mass is 264 g/mol. The van der Waals surface area contributed by atoms with Crippen molar-refractivity contribution in [1.29, 1.82) is 5.26 Å². The van der Waals surface area contributed by atoms with Crippen LogP contribution in [0.4, 0.5) is 0 Å². The summed E-state index contributed by atoms with van der Waals surface area (Å²) in [5.41, 5.74) is 1.75. The lowest BCUT2D eigenvalue weighted by molar-refractivity contribution is -0.141. The Hall–Kier alpha value is -1.71. The number of thiazole rings is 1. The maximum absolute atomic E-state index is 11.3. The molecule has 6 heteroatoms. The number of esters is 1. The third-order valence-corrected chi connectivity index (χ3v) is 3.57. The number of rotatable bonds is 4. The third kappa shape index (κ3) is 3.12. The minimum absolute atomic E-state index is 0.113. The molecule has 0 aliphatic carbocycles. The first-order chi connectivity index (χ1) is 8.29. The van der Waals surface area contributed by atoms with Crippen LogP contribution in [0.5, 0.6) is 0 Å². The molecule has 2 rings (SSSR count). The van der Waals surface area contributed by atoms with Crippen molar-refractivity contribution in [3.8, 4) is 16.6 Å². The molecule has 0 aliphatic heterocycles. The fourth-order valence-corrected chi connectivity index (χ4v) is 2.75. The first kappa shape index (κ1) is 11.8. The molecule has 4 nitrogen and oxygen atoms in total. The SMILES string of the molecule is N#CCOC(=O)Cc1csc(-c2ccsc2)n1. The van der Waals surface area contributed by atoms with Gasteiger partial charge in [-0.05, 0) is 11.4 Å². The zero-order chi connectivity index (χ0) is 12.1. The molecule has 2 aromatic heterocycles. The number of thiophene rings is 1. The molecule has 0 saturated heterocycles. The van der Waals surface area contributed by atoms with E-state index in [0.717, 1.165) is 10.6 Å². The van der Waals surface area contributed by atoms with Gasteiger partial charge in [-0.3, -0.25) is 4.79 Å². The lowest BCUT2D eigenvalue weighted by Gasteiger charge is -1.96. The molecule has 0 unspecified atom stereocenters. The number of ether oxygens (including phenoxy) is 1. The van der Waals surface area contributed by atoms with E-state index in [-0.39, 0.29) is 13.0 Å². The molecule has 0 fully saturated rings. The minimum Gasteiger partial charge on any atom is -0.450 e. The number of carbonyl (C=O) groups excluding carboxylic acids is 1. The third-order valence-electron chi connectivity index (χ3n) is 1.94. The zero-order valence-corrected chi connectivity index (χ0v) is 10.4. The first-order valence-electron chi connectivity index (χ1n) is 4.79. The summed E-state index contributed by atoms with van der Waals surface area (Å²) in [7, 11) is 0. The van der Waals surface area contributed by atoms with Crippen molar-refractivity contribution in [2.75, 3.05) is 6.61 Å². The normalized spacial score (nSPS) is 9.82. The van der Waals surface area contributed by atoms with Crippen molar-refractivity contribution in [3.63, 3.8) is 0 Å². The maximum Gasteiger partial charge on any atom is 0.312 e. The van der Waals surface area contributed by atoms with Crippen LogP contribution in [0.3, 0.4) is 0 Å². The van der Waals surface area contributed by atoms with Gasteiger partial charge in [0.15, 0.2) is 6.61 Å². The highest BCUT2D eigenvalue weighted by molar-refractivity contribution is 7.14. The Kier molecular flexibility index (Phi) is 3.85. The molecular formula is C11H8N2O2S2. The average Bonchev–Trinajstić information content (AvgIpc) is 2.95. The Morgan fingerprint density at radius 2 is 2.41 bits per heavy atom. The van der Waals surface area contributed by atoms with Gasteiger partial charge in [-0.1, -0.05) is 0 Å².